The van der Waals surface area contributed by atoms with E-state index in [-0.39, 0.29) is 12.3 Å². The number of amides is 2. The Balaban J connectivity index is 1.92. The topological polar surface area (TPSA) is 115 Å². The van der Waals surface area contributed by atoms with Crippen LogP contribution in [0.5, 0.6) is 0 Å². The molecule has 166 valence electrons. The van der Waals surface area contributed by atoms with Crippen molar-refractivity contribution >= 4 is 28.7 Å². The summed E-state index contributed by atoms with van der Waals surface area (Å²) in [5.74, 6) is -1.16. The quantitative estimate of drug-likeness (QED) is 0.380. The molecule has 2 atom stereocenters. The van der Waals surface area contributed by atoms with Crippen molar-refractivity contribution in [2.45, 2.75) is 50.7 Å². The van der Waals surface area contributed by atoms with Gasteiger partial charge in [-0.25, -0.2) is 4.79 Å². The fourth-order valence-electron chi connectivity index (χ4n) is 3.84. The summed E-state index contributed by atoms with van der Waals surface area (Å²) in [4.78, 5) is 37.9. The van der Waals surface area contributed by atoms with Gasteiger partial charge < -0.3 is 25.7 Å². The number of carbonyl (C=O) groups is 3. The van der Waals surface area contributed by atoms with Crippen molar-refractivity contribution in [2.24, 2.45) is 5.73 Å². The molecule has 0 saturated heterocycles. The van der Waals surface area contributed by atoms with Crippen molar-refractivity contribution in [3.05, 3.63) is 48.2 Å². The molecular formula is C23H30N4O4. The lowest BCUT2D eigenvalue weighted by atomic mass is 10.1. The molecule has 2 aromatic rings. The van der Waals surface area contributed by atoms with Crippen LogP contribution in [-0.2, 0) is 32.1 Å². The Labute approximate surface area is 181 Å². The molecule has 31 heavy (non-hydrogen) atoms. The maximum atomic E-state index is 12.9. The Hall–Kier alpha value is -3.13. The Morgan fingerprint density at radius 2 is 2.00 bits per heavy atom. The summed E-state index contributed by atoms with van der Waals surface area (Å²) >= 11 is 0. The molecule has 1 aliphatic rings. The highest BCUT2D eigenvalue weighted by molar-refractivity contribution is 5.93. The summed E-state index contributed by atoms with van der Waals surface area (Å²) in [6, 6.07) is 6.36. The summed E-state index contributed by atoms with van der Waals surface area (Å²) < 4.78 is 6.92. The molecule has 0 radical (unpaired) electrons. The largest absolute Gasteiger partial charge is 0.467 e. The predicted molar refractivity (Wildman–Crippen MR) is 118 cm³/mol. The molecule has 2 heterocycles. The van der Waals surface area contributed by atoms with Gasteiger partial charge in [0.1, 0.15) is 12.1 Å². The molecule has 0 saturated carbocycles. The second kappa shape index (κ2) is 10.8. The van der Waals surface area contributed by atoms with E-state index in [1.807, 2.05) is 42.6 Å². The van der Waals surface area contributed by atoms with Gasteiger partial charge in [0.15, 0.2) is 0 Å². The monoisotopic (exact) mass is 426 g/mol. The van der Waals surface area contributed by atoms with Gasteiger partial charge in [0, 0.05) is 23.6 Å². The van der Waals surface area contributed by atoms with Crippen molar-refractivity contribution in [1.29, 1.82) is 0 Å². The highest BCUT2D eigenvalue weighted by Crippen LogP contribution is 2.22. The van der Waals surface area contributed by atoms with E-state index in [0.717, 1.165) is 22.9 Å². The molecule has 1 aromatic carbocycles. The first-order chi connectivity index (χ1) is 15.0. The van der Waals surface area contributed by atoms with E-state index in [1.165, 1.54) is 7.11 Å². The van der Waals surface area contributed by atoms with Crippen LogP contribution in [0, 0.1) is 0 Å². The van der Waals surface area contributed by atoms with Crippen molar-refractivity contribution in [2.75, 3.05) is 13.7 Å². The summed E-state index contributed by atoms with van der Waals surface area (Å²) in [5, 5.41) is 6.60. The second-order valence-corrected chi connectivity index (χ2v) is 7.70. The van der Waals surface area contributed by atoms with Crippen LogP contribution in [-0.4, -0.2) is 48.1 Å². The Kier molecular flexibility index (Phi) is 7.83. The number of fused-ring (bicyclic) bond motifs is 5. The first kappa shape index (κ1) is 22.6. The van der Waals surface area contributed by atoms with Gasteiger partial charge in [-0.15, -0.1) is 0 Å². The SMILES string of the molecule is COC(=O)[C@@H]1C/C=C/Cn2cc(c3ccccc32)CC(=O)N[C@H](CCCCN)C(=O)N1. The van der Waals surface area contributed by atoms with Crippen molar-refractivity contribution < 1.29 is 19.1 Å². The minimum atomic E-state index is -0.817. The Morgan fingerprint density at radius 1 is 1.19 bits per heavy atom. The number of carbonyl (C=O) groups excluding carboxylic acids is 3. The number of rotatable bonds is 5. The molecule has 0 aliphatic carbocycles. The maximum Gasteiger partial charge on any atom is 0.328 e. The maximum absolute atomic E-state index is 12.9. The average molecular weight is 427 g/mol. The number of unbranched alkanes of at least 4 members (excludes halogenated alkanes) is 1. The Morgan fingerprint density at radius 3 is 2.77 bits per heavy atom. The van der Waals surface area contributed by atoms with Crippen molar-refractivity contribution in [3.63, 3.8) is 0 Å². The molecule has 0 unspecified atom stereocenters. The third-order valence-corrected chi connectivity index (χ3v) is 5.46. The predicted octanol–water partition coefficient (Wildman–Crippen LogP) is 1.42. The number of hydrogen-bond acceptors (Lipinski definition) is 5. The van der Waals surface area contributed by atoms with Crippen LogP contribution in [0.2, 0.25) is 0 Å². The summed E-state index contributed by atoms with van der Waals surface area (Å²) in [6.45, 7) is 1.10. The summed E-state index contributed by atoms with van der Waals surface area (Å²) in [6.07, 6.45) is 8.13. The van der Waals surface area contributed by atoms with Crippen molar-refractivity contribution in [1.82, 2.24) is 15.2 Å². The highest BCUT2D eigenvalue weighted by Gasteiger charge is 2.27. The van der Waals surface area contributed by atoms with E-state index in [1.54, 1.807) is 0 Å². The van der Waals surface area contributed by atoms with Gasteiger partial charge in [0.25, 0.3) is 0 Å². The van der Waals surface area contributed by atoms with Crippen LogP contribution >= 0.6 is 0 Å². The number of nitrogens with zero attached hydrogens (tertiary/aromatic N) is 1. The molecule has 1 aliphatic heterocycles. The zero-order valence-corrected chi connectivity index (χ0v) is 17.8. The fraction of sp³-hybridized carbons (Fsp3) is 0.435. The molecule has 4 N–H and O–H groups in total. The molecule has 8 heteroatoms. The van der Waals surface area contributed by atoms with Crippen LogP contribution in [0.25, 0.3) is 10.9 Å². The van der Waals surface area contributed by atoms with E-state index in [2.05, 4.69) is 15.2 Å². The second-order valence-electron chi connectivity index (χ2n) is 7.70. The number of ether oxygens (including phenoxy) is 1. The molecule has 2 amide bonds. The number of allylic oxidation sites excluding steroid dienone is 1. The zero-order valence-electron chi connectivity index (χ0n) is 17.8. The van der Waals surface area contributed by atoms with Gasteiger partial charge in [0.2, 0.25) is 11.8 Å². The third kappa shape index (κ3) is 5.73. The van der Waals surface area contributed by atoms with Gasteiger partial charge in [-0.3, -0.25) is 9.59 Å². The smallest absolute Gasteiger partial charge is 0.328 e. The standard InChI is InChI=1S/C23H30N4O4/c1-31-23(30)19-10-5-7-13-27-15-16(17-8-2-3-11-20(17)27)14-21(28)25-18(22(29)26-19)9-4-6-12-24/h2-3,5,7-8,11,15,18-19H,4,6,9-10,12-14,24H2,1H3,(H,25,28)(H,26,29)/b7-5+/t18-,19+/m1/s1. The van der Waals surface area contributed by atoms with E-state index >= 15 is 0 Å². The number of aromatic nitrogens is 1. The molecule has 8 nitrogen and oxygen atoms in total. The van der Waals surface area contributed by atoms with Gasteiger partial charge in [0.05, 0.1) is 13.5 Å². The number of benzene rings is 1. The minimum Gasteiger partial charge on any atom is -0.467 e. The number of methoxy groups -OCH3 is 1. The number of nitrogens with two attached hydrogens (primary N) is 1. The van der Waals surface area contributed by atoms with Crippen LogP contribution in [0.4, 0.5) is 0 Å². The zero-order chi connectivity index (χ0) is 22.2. The first-order valence-corrected chi connectivity index (χ1v) is 10.6. The molecule has 0 fully saturated rings. The summed E-state index contributed by atoms with van der Waals surface area (Å²) in [5.41, 5.74) is 7.51. The lowest BCUT2D eigenvalue weighted by Crippen LogP contribution is -2.52. The number of para-hydroxylation sites is 1. The molecular weight excluding hydrogens is 396 g/mol. The lowest BCUT2D eigenvalue weighted by Gasteiger charge is -2.22. The van der Waals surface area contributed by atoms with Gasteiger partial charge in [-0.2, -0.15) is 0 Å². The normalized spacial score (nSPS) is 21.1. The van der Waals surface area contributed by atoms with Gasteiger partial charge in [-0.05, 0) is 43.9 Å². The molecule has 1 aromatic heterocycles. The van der Waals surface area contributed by atoms with E-state index < -0.39 is 24.0 Å². The van der Waals surface area contributed by atoms with Gasteiger partial charge >= 0.3 is 5.97 Å². The molecule has 2 bridgehead atoms. The van der Waals surface area contributed by atoms with Crippen LogP contribution in [0.15, 0.2) is 42.6 Å². The van der Waals surface area contributed by atoms with Crippen molar-refractivity contribution in [3.8, 4) is 0 Å². The van der Waals surface area contributed by atoms with Crippen LogP contribution in [0.3, 0.4) is 0 Å². The van der Waals surface area contributed by atoms with Gasteiger partial charge in [-0.1, -0.05) is 30.4 Å². The number of nitrogens with one attached hydrogen (secondary N) is 2. The highest BCUT2D eigenvalue weighted by atomic mass is 16.5. The van der Waals surface area contributed by atoms with E-state index in [4.69, 9.17) is 10.5 Å². The van der Waals surface area contributed by atoms with E-state index in [9.17, 15) is 14.4 Å². The van der Waals surface area contributed by atoms with Crippen LogP contribution in [0.1, 0.15) is 31.2 Å². The number of esters is 1. The van der Waals surface area contributed by atoms with E-state index in [0.29, 0.717) is 32.4 Å². The third-order valence-electron chi connectivity index (χ3n) is 5.46. The molecule has 0 spiro atoms. The first-order valence-electron chi connectivity index (χ1n) is 10.6. The van der Waals surface area contributed by atoms with Crippen LogP contribution < -0.4 is 16.4 Å². The molecule has 3 rings (SSSR count). The summed E-state index contributed by atoms with van der Waals surface area (Å²) in [7, 11) is 1.29. The average Bonchev–Trinajstić information content (AvgIpc) is 3.11. The minimum absolute atomic E-state index is 0.165. The number of hydrogen-bond donors (Lipinski definition) is 3. The Bertz CT molecular complexity index is 966. The fourth-order valence-corrected chi connectivity index (χ4v) is 3.84. The lowest BCUT2D eigenvalue weighted by molar-refractivity contribution is -0.145.